The van der Waals surface area contributed by atoms with E-state index in [2.05, 4.69) is 5.16 Å². The van der Waals surface area contributed by atoms with Crippen LogP contribution in [-0.4, -0.2) is 34.4 Å². The van der Waals surface area contributed by atoms with Crippen LogP contribution in [0.3, 0.4) is 0 Å². The van der Waals surface area contributed by atoms with Gasteiger partial charge in [-0.3, -0.25) is 4.79 Å². The van der Waals surface area contributed by atoms with Gasteiger partial charge >= 0.3 is 0 Å². The monoisotopic (exact) mass is 249 g/mol. The van der Waals surface area contributed by atoms with Crippen molar-refractivity contribution in [3.05, 3.63) is 35.4 Å². The predicted molar refractivity (Wildman–Crippen MR) is 70.8 cm³/mol. The Bertz CT molecular complexity index is 455. The molecule has 0 fully saturated rings. The molecule has 18 heavy (non-hydrogen) atoms. The van der Waals surface area contributed by atoms with Crippen molar-refractivity contribution in [3.63, 3.8) is 0 Å². The zero-order valence-corrected chi connectivity index (χ0v) is 10.9. The SMILES string of the molecule is Cc1ccccc1C(=O)N(CC(N)=NO)C(C)C. The molecule has 0 aromatic heterocycles. The maximum absolute atomic E-state index is 12.4. The van der Waals surface area contributed by atoms with E-state index in [1.165, 1.54) is 0 Å². The first-order chi connectivity index (χ1) is 8.47. The summed E-state index contributed by atoms with van der Waals surface area (Å²) in [6.07, 6.45) is 0. The van der Waals surface area contributed by atoms with Crippen molar-refractivity contribution in [1.29, 1.82) is 0 Å². The second kappa shape index (κ2) is 6.05. The van der Waals surface area contributed by atoms with Gasteiger partial charge in [-0.15, -0.1) is 0 Å². The first-order valence-corrected chi connectivity index (χ1v) is 5.80. The molecule has 1 aromatic rings. The molecule has 0 spiro atoms. The summed E-state index contributed by atoms with van der Waals surface area (Å²) in [5.41, 5.74) is 7.02. The minimum absolute atomic E-state index is 0.0191. The second-order valence-electron chi connectivity index (χ2n) is 4.43. The fourth-order valence-corrected chi connectivity index (χ4v) is 1.66. The number of oxime groups is 1. The number of hydrogen-bond donors (Lipinski definition) is 2. The molecule has 1 amide bonds. The molecule has 0 unspecified atom stereocenters. The third-order valence-electron chi connectivity index (χ3n) is 2.72. The molecule has 1 rings (SSSR count). The molecule has 0 aliphatic rings. The van der Waals surface area contributed by atoms with Crippen LogP contribution in [0.2, 0.25) is 0 Å². The lowest BCUT2D eigenvalue weighted by molar-refractivity contribution is 0.0733. The maximum Gasteiger partial charge on any atom is 0.254 e. The van der Waals surface area contributed by atoms with Crippen LogP contribution in [0.25, 0.3) is 0 Å². The number of amidine groups is 1. The summed E-state index contributed by atoms with van der Waals surface area (Å²) >= 11 is 0. The van der Waals surface area contributed by atoms with Gasteiger partial charge in [0.1, 0.15) is 0 Å². The molecule has 0 heterocycles. The number of benzene rings is 1. The number of carbonyl (C=O) groups excluding carboxylic acids is 1. The maximum atomic E-state index is 12.4. The highest BCUT2D eigenvalue weighted by Gasteiger charge is 2.21. The smallest absolute Gasteiger partial charge is 0.254 e. The van der Waals surface area contributed by atoms with Gasteiger partial charge in [0.15, 0.2) is 5.84 Å². The molecule has 0 radical (unpaired) electrons. The number of hydrogen-bond acceptors (Lipinski definition) is 3. The summed E-state index contributed by atoms with van der Waals surface area (Å²) in [5.74, 6) is -0.0969. The van der Waals surface area contributed by atoms with Gasteiger partial charge in [-0.2, -0.15) is 0 Å². The Morgan fingerprint density at radius 1 is 1.44 bits per heavy atom. The van der Waals surface area contributed by atoms with Crippen molar-refractivity contribution >= 4 is 11.7 Å². The fraction of sp³-hybridized carbons (Fsp3) is 0.385. The first kappa shape index (κ1) is 14.0. The number of nitrogens with two attached hydrogens (primary N) is 1. The van der Waals surface area contributed by atoms with Gasteiger partial charge in [-0.05, 0) is 32.4 Å². The summed E-state index contributed by atoms with van der Waals surface area (Å²) in [5, 5.41) is 11.5. The van der Waals surface area contributed by atoms with Crippen LogP contribution in [0.4, 0.5) is 0 Å². The number of rotatable bonds is 4. The topological polar surface area (TPSA) is 78.9 Å². The average Bonchev–Trinajstić information content (AvgIpc) is 2.35. The second-order valence-corrected chi connectivity index (χ2v) is 4.43. The molecule has 0 bridgehead atoms. The van der Waals surface area contributed by atoms with Gasteiger partial charge in [0, 0.05) is 11.6 Å². The lowest BCUT2D eigenvalue weighted by atomic mass is 10.1. The third-order valence-corrected chi connectivity index (χ3v) is 2.72. The molecule has 0 saturated carbocycles. The fourth-order valence-electron chi connectivity index (χ4n) is 1.66. The summed E-state index contributed by atoms with van der Waals surface area (Å²) in [6.45, 7) is 5.78. The Hall–Kier alpha value is -2.04. The Morgan fingerprint density at radius 3 is 2.56 bits per heavy atom. The third kappa shape index (κ3) is 3.23. The van der Waals surface area contributed by atoms with E-state index in [1.54, 1.807) is 11.0 Å². The van der Waals surface area contributed by atoms with Crippen molar-refractivity contribution in [2.75, 3.05) is 6.54 Å². The molecule has 5 heteroatoms. The predicted octanol–water partition coefficient (Wildman–Crippen LogP) is 1.59. The molecule has 0 aliphatic carbocycles. The van der Waals surface area contributed by atoms with E-state index >= 15 is 0 Å². The molecule has 1 aromatic carbocycles. The average molecular weight is 249 g/mol. The van der Waals surface area contributed by atoms with Gasteiger partial charge in [0.05, 0.1) is 6.54 Å². The zero-order valence-electron chi connectivity index (χ0n) is 10.9. The quantitative estimate of drug-likeness (QED) is 0.368. The molecule has 0 aliphatic heterocycles. The first-order valence-electron chi connectivity index (χ1n) is 5.80. The van der Waals surface area contributed by atoms with Gasteiger partial charge in [-0.25, -0.2) is 0 Å². The van der Waals surface area contributed by atoms with Crippen molar-refractivity contribution in [2.24, 2.45) is 10.9 Å². The number of amides is 1. The van der Waals surface area contributed by atoms with E-state index in [0.29, 0.717) is 5.56 Å². The summed E-state index contributed by atoms with van der Waals surface area (Å²) in [6, 6.07) is 7.34. The van der Waals surface area contributed by atoms with Crippen LogP contribution >= 0.6 is 0 Å². The Morgan fingerprint density at radius 2 is 2.06 bits per heavy atom. The Labute approximate surface area is 107 Å². The minimum atomic E-state index is -0.116. The van der Waals surface area contributed by atoms with E-state index in [-0.39, 0.29) is 24.3 Å². The van der Waals surface area contributed by atoms with Crippen molar-refractivity contribution in [1.82, 2.24) is 4.90 Å². The standard InChI is InChI=1S/C13H19N3O2/c1-9(2)16(8-12(14)15-18)13(17)11-7-5-4-6-10(11)3/h4-7,9,18H,8H2,1-3H3,(H2,14,15). The van der Waals surface area contributed by atoms with Gasteiger partial charge < -0.3 is 15.8 Å². The largest absolute Gasteiger partial charge is 0.409 e. The summed E-state index contributed by atoms with van der Waals surface area (Å²) < 4.78 is 0. The van der Waals surface area contributed by atoms with Gasteiger partial charge in [0.25, 0.3) is 5.91 Å². The Balaban J connectivity index is 3.01. The number of carbonyl (C=O) groups is 1. The molecule has 5 nitrogen and oxygen atoms in total. The summed E-state index contributed by atoms with van der Waals surface area (Å²) in [4.78, 5) is 14.0. The number of nitrogens with zero attached hydrogens (tertiary/aromatic N) is 2. The molecule has 0 atom stereocenters. The van der Waals surface area contributed by atoms with Crippen molar-refractivity contribution in [3.8, 4) is 0 Å². The van der Waals surface area contributed by atoms with E-state index in [9.17, 15) is 4.79 Å². The lowest BCUT2D eigenvalue weighted by Gasteiger charge is -2.26. The Kier molecular flexibility index (Phi) is 4.71. The van der Waals surface area contributed by atoms with Crippen molar-refractivity contribution < 1.29 is 10.0 Å². The van der Waals surface area contributed by atoms with Crippen molar-refractivity contribution in [2.45, 2.75) is 26.8 Å². The molecular weight excluding hydrogens is 230 g/mol. The highest BCUT2D eigenvalue weighted by molar-refractivity contribution is 5.98. The highest BCUT2D eigenvalue weighted by Crippen LogP contribution is 2.12. The zero-order chi connectivity index (χ0) is 13.7. The molecular formula is C13H19N3O2. The van der Waals surface area contributed by atoms with Crippen LogP contribution in [0.15, 0.2) is 29.4 Å². The van der Waals surface area contributed by atoms with Gasteiger partial charge in [-0.1, -0.05) is 23.4 Å². The summed E-state index contributed by atoms with van der Waals surface area (Å²) in [7, 11) is 0. The minimum Gasteiger partial charge on any atom is -0.409 e. The van der Waals surface area contributed by atoms with Crippen LogP contribution in [0, 0.1) is 6.92 Å². The normalized spacial score (nSPS) is 11.7. The van der Waals surface area contributed by atoms with Crippen LogP contribution in [-0.2, 0) is 0 Å². The van der Waals surface area contributed by atoms with Crippen LogP contribution in [0.5, 0.6) is 0 Å². The van der Waals surface area contributed by atoms with E-state index in [0.717, 1.165) is 5.56 Å². The molecule has 3 N–H and O–H groups in total. The van der Waals surface area contributed by atoms with Gasteiger partial charge in [0.2, 0.25) is 0 Å². The van der Waals surface area contributed by atoms with E-state index in [4.69, 9.17) is 10.9 Å². The molecule has 98 valence electrons. The van der Waals surface area contributed by atoms with Crippen LogP contribution in [0.1, 0.15) is 29.8 Å². The molecule has 0 saturated heterocycles. The van der Waals surface area contributed by atoms with Crippen LogP contribution < -0.4 is 5.73 Å². The van der Waals surface area contributed by atoms with E-state index in [1.807, 2.05) is 39.0 Å². The highest BCUT2D eigenvalue weighted by atomic mass is 16.4. The lowest BCUT2D eigenvalue weighted by Crippen LogP contribution is -2.43. The number of aryl methyl sites for hydroxylation is 1. The van der Waals surface area contributed by atoms with E-state index < -0.39 is 0 Å².